The van der Waals surface area contributed by atoms with Crippen molar-refractivity contribution in [2.24, 2.45) is 0 Å². The molecule has 0 saturated carbocycles. The Morgan fingerprint density at radius 1 is 1.23 bits per heavy atom. The van der Waals surface area contributed by atoms with Crippen LogP contribution in [0.3, 0.4) is 0 Å². The van der Waals surface area contributed by atoms with Gasteiger partial charge >= 0.3 is 5.97 Å². The molecule has 1 aromatic rings. The van der Waals surface area contributed by atoms with E-state index in [0.29, 0.717) is 5.69 Å². The van der Waals surface area contributed by atoms with Crippen LogP contribution in [-0.4, -0.2) is 45.3 Å². The summed E-state index contributed by atoms with van der Waals surface area (Å²) >= 11 is 0. The van der Waals surface area contributed by atoms with Crippen LogP contribution in [0.15, 0.2) is 29.2 Å². The van der Waals surface area contributed by atoms with Gasteiger partial charge in [-0.3, -0.25) is 9.59 Å². The number of nitrogens with zero attached hydrogens (tertiary/aromatic N) is 1. The Bertz CT molecular complexity index is 640. The van der Waals surface area contributed by atoms with Crippen molar-refractivity contribution in [3.63, 3.8) is 0 Å². The van der Waals surface area contributed by atoms with Crippen molar-refractivity contribution in [3.8, 4) is 0 Å². The van der Waals surface area contributed by atoms with E-state index in [1.807, 2.05) is 0 Å². The molecule has 0 aromatic heterocycles. The fourth-order valence-corrected chi connectivity index (χ4v) is 2.57. The highest BCUT2D eigenvalue weighted by molar-refractivity contribution is 7.89. The first-order valence-electron chi connectivity index (χ1n) is 6.75. The molecule has 0 aliphatic carbocycles. The number of anilines is 1. The second-order valence-electron chi connectivity index (χ2n) is 4.67. The summed E-state index contributed by atoms with van der Waals surface area (Å²) in [5.74, 6) is -0.825. The average Bonchev–Trinajstić information content (AvgIpc) is 2.45. The minimum atomic E-state index is -3.56. The average molecular weight is 328 g/mol. The number of nitrogens with one attached hydrogen (secondary N) is 1. The Balaban J connectivity index is 2.71. The molecule has 1 rings (SSSR count). The second-order valence-corrected chi connectivity index (χ2v) is 6.82. The number of carbonyl (C=O) groups is 2. The normalized spacial score (nSPS) is 11.3. The standard InChI is InChI=1S/C14H20N2O5S/c1-4-21-14(18)9-8-13(17)15-11-6-5-7-12(10-11)22(19,20)16(2)3/h5-7,10H,4,8-9H2,1-3H3,(H,15,17). The van der Waals surface area contributed by atoms with Crippen LogP contribution in [0.1, 0.15) is 19.8 Å². The lowest BCUT2D eigenvalue weighted by Gasteiger charge is -2.12. The lowest BCUT2D eigenvalue weighted by atomic mass is 10.2. The molecule has 1 N–H and O–H groups in total. The summed E-state index contributed by atoms with van der Waals surface area (Å²) in [5.41, 5.74) is 0.358. The van der Waals surface area contributed by atoms with E-state index in [-0.39, 0.29) is 30.3 Å². The smallest absolute Gasteiger partial charge is 0.306 e. The molecule has 0 spiro atoms. The van der Waals surface area contributed by atoms with Crippen LogP contribution in [0.4, 0.5) is 5.69 Å². The van der Waals surface area contributed by atoms with Crippen molar-refractivity contribution >= 4 is 27.6 Å². The van der Waals surface area contributed by atoms with Crippen LogP contribution >= 0.6 is 0 Å². The molecule has 122 valence electrons. The Hall–Kier alpha value is -1.93. The highest BCUT2D eigenvalue weighted by Crippen LogP contribution is 2.18. The van der Waals surface area contributed by atoms with Gasteiger partial charge in [-0.2, -0.15) is 0 Å². The molecular formula is C14H20N2O5S. The zero-order valence-corrected chi connectivity index (χ0v) is 13.6. The maximum absolute atomic E-state index is 12.0. The lowest BCUT2D eigenvalue weighted by Crippen LogP contribution is -2.22. The van der Waals surface area contributed by atoms with Gasteiger partial charge in [-0.25, -0.2) is 12.7 Å². The lowest BCUT2D eigenvalue weighted by molar-refractivity contribution is -0.144. The van der Waals surface area contributed by atoms with Crippen molar-refractivity contribution in [1.82, 2.24) is 4.31 Å². The van der Waals surface area contributed by atoms with E-state index >= 15 is 0 Å². The highest BCUT2D eigenvalue weighted by Gasteiger charge is 2.17. The first kappa shape index (κ1) is 18.1. The van der Waals surface area contributed by atoms with Gasteiger partial charge in [0.2, 0.25) is 15.9 Å². The van der Waals surface area contributed by atoms with Crippen LogP contribution in [-0.2, 0) is 24.3 Å². The van der Waals surface area contributed by atoms with Crippen molar-refractivity contribution in [3.05, 3.63) is 24.3 Å². The Kier molecular flexibility index (Phi) is 6.51. The molecule has 1 amide bonds. The SMILES string of the molecule is CCOC(=O)CCC(=O)Nc1cccc(S(=O)(=O)N(C)C)c1. The first-order chi connectivity index (χ1) is 10.3. The molecule has 0 atom stereocenters. The molecule has 1 aromatic carbocycles. The van der Waals surface area contributed by atoms with Crippen molar-refractivity contribution < 1.29 is 22.7 Å². The summed E-state index contributed by atoms with van der Waals surface area (Å²) in [7, 11) is -0.699. The summed E-state index contributed by atoms with van der Waals surface area (Å²) in [6.45, 7) is 1.96. The minimum Gasteiger partial charge on any atom is -0.466 e. The molecule has 0 unspecified atom stereocenters. The van der Waals surface area contributed by atoms with Crippen LogP contribution in [0.2, 0.25) is 0 Å². The van der Waals surface area contributed by atoms with Crippen molar-refractivity contribution in [1.29, 1.82) is 0 Å². The third-order valence-electron chi connectivity index (χ3n) is 2.76. The molecule has 0 bridgehead atoms. The molecule has 0 radical (unpaired) electrons. The number of sulfonamides is 1. The minimum absolute atomic E-state index is 0.0185. The zero-order valence-electron chi connectivity index (χ0n) is 12.8. The molecule has 22 heavy (non-hydrogen) atoms. The maximum atomic E-state index is 12.0. The van der Waals surface area contributed by atoms with E-state index in [9.17, 15) is 18.0 Å². The summed E-state index contributed by atoms with van der Waals surface area (Å²) in [6.07, 6.45) is -0.0428. The number of rotatable bonds is 7. The number of carbonyl (C=O) groups excluding carboxylic acids is 2. The largest absolute Gasteiger partial charge is 0.466 e. The predicted octanol–water partition coefficient (Wildman–Crippen LogP) is 1.22. The summed E-state index contributed by atoms with van der Waals surface area (Å²) < 4.78 is 29.8. The van der Waals surface area contributed by atoms with Crippen LogP contribution < -0.4 is 5.32 Å². The maximum Gasteiger partial charge on any atom is 0.306 e. The molecule has 0 fully saturated rings. The summed E-state index contributed by atoms with van der Waals surface area (Å²) in [4.78, 5) is 23.0. The van der Waals surface area contributed by atoms with E-state index in [1.54, 1.807) is 13.0 Å². The van der Waals surface area contributed by atoms with Gasteiger partial charge in [0.05, 0.1) is 17.9 Å². The molecule has 0 aliphatic rings. The van der Waals surface area contributed by atoms with Crippen LogP contribution in [0, 0.1) is 0 Å². The van der Waals surface area contributed by atoms with E-state index in [0.717, 1.165) is 4.31 Å². The molecule has 0 aliphatic heterocycles. The fourth-order valence-electron chi connectivity index (χ4n) is 1.62. The summed E-state index contributed by atoms with van der Waals surface area (Å²) in [6, 6.07) is 5.94. The monoisotopic (exact) mass is 328 g/mol. The van der Waals surface area contributed by atoms with Gasteiger partial charge in [0.1, 0.15) is 0 Å². The van der Waals surface area contributed by atoms with E-state index < -0.39 is 16.0 Å². The Labute approximate surface area is 130 Å². The summed E-state index contributed by atoms with van der Waals surface area (Å²) in [5, 5.41) is 2.56. The van der Waals surface area contributed by atoms with E-state index in [2.05, 4.69) is 5.32 Å². The van der Waals surface area contributed by atoms with Gasteiger partial charge < -0.3 is 10.1 Å². The van der Waals surface area contributed by atoms with Crippen LogP contribution in [0.5, 0.6) is 0 Å². The first-order valence-corrected chi connectivity index (χ1v) is 8.19. The quantitative estimate of drug-likeness (QED) is 0.760. The number of hydrogen-bond donors (Lipinski definition) is 1. The van der Waals surface area contributed by atoms with E-state index in [1.165, 1.54) is 32.3 Å². The van der Waals surface area contributed by atoms with Gasteiger partial charge in [-0.05, 0) is 25.1 Å². The van der Waals surface area contributed by atoms with Gasteiger partial charge in [-0.15, -0.1) is 0 Å². The van der Waals surface area contributed by atoms with Gasteiger partial charge in [0, 0.05) is 26.2 Å². The highest BCUT2D eigenvalue weighted by atomic mass is 32.2. The number of benzene rings is 1. The second kappa shape index (κ2) is 7.90. The number of hydrogen-bond acceptors (Lipinski definition) is 5. The number of amides is 1. The number of ether oxygens (including phenoxy) is 1. The molecule has 8 heteroatoms. The third-order valence-corrected chi connectivity index (χ3v) is 4.57. The molecule has 0 heterocycles. The predicted molar refractivity (Wildman–Crippen MR) is 81.8 cm³/mol. The number of esters is 1. The third kappa shape index (κ3) is 5.12. The van der Waals surface area contributed by atoms with Gasteiger partial charge in [0.25, 0.3) is 0 Å². The van der Waals surface area contributed by atoms with Crippen LogP contribution in [0.25, 0.3) is 0 Å². The van der Waals surface area contributed by atoms with E-state index in [4.69, 9.17) is 4.74 Å². The Morgan fingerprint density at radius 3 is 2.50 bits per heavy atom. The molecule has 7 nitrogen and oxygen atoms in total. The van der Waals surface area contributed by atoms with Gasteiger partial charge in [0.15, 0.2) is 0 Å². The molecule has 0 saturated heterocycles. The Morgan fingerprint density at radius 2 is 1.91 bits per heavy atom. The van der Waals surface area contributed by atoms with Gasteiger partial charge in [-0.1, -0.05) is 6.07 Å². The topological polar surface area (TPSA) is 92.8 Å². The molecular weight excluding hydrogens is 308 g/mol. The fraction of sp³-hybridized carbons (Fsp3) is 0.429. The van der Waals surface area contributed by atoms with Crippen molar-refractivity contribution in [2.45, 2.75) is 24.7 Å². The zero-order chi connectivity index (χ0) is 16.8. The van der Waals surface area contributed by atoms with Crippen molar-refractivity contribution in [2.75, 3.05) is 26.0 Å².